The van der Waals surface area contributed by atoms with Crippen LogP contribution in [-0.4, -0.2) is 94.1 Å². The first-order valence-electron chi connectivity index (χ1n) is 14.7. The van der Waals surface area contributed by atoms with Gasteiger partial charge in [-0.15, -0.1) is 0 Å². The van der Waals surface area contributed by atoms with E-state index in [4.69, 9.17) is 16.6 Å². The van der Waals surface area contributed by atoms with Gasteiger partial charge in [0.15, 0.2) is 5.16 Å². The number of carbonyl (C=O) groups excluding carboxylic acids is 2. The van der Waals surface area contributed by atoms with Crippen LogP contribution in [0.25, 0.3) is 0 Å². The van der Waals surface area contributed by atoms with Gasteiger partial charge in [-0.1, -0.05) is 86.3 Å². The summed E-state index contributed by atoms with van der Waals surface area (Å²) in [4.78, 5) is 43.3. The highest BCUT2D eigenvalue weighted by molar-refractivity contribution is 7.99. The maximum Gasteiger partial charge on any atom is 0.233 e. The Morgan fingerprint density at radius 3 is 2.42 bits per heavy atom. The molecule has 2 saturated heterocycles. The van der Waals surface area contributed by atoms with E-state index >= 15 is 0 Å². The minimum atomic E-state index is 0.101. The van der Waals surface area contributed by atoms with Crippen LogP contribution in [0.5, 0.6) is 0 Å². The van der Waals surface area contributed by atoms with Gasteiger partial charge in [0, 0.05) is 70.9 Å². The third-order valence-electron chi connectivity index (χ3n) is 7.73. The molecule has 3 heterocycles. The molecule has 2 aromatic rings. The quantitative estimate of drug-likeness (QED) is 0.151. The van der Waals surface area contributed by atoms with Gasteiger partial charge in [-0.25, -0.2) is 9.97 Å². The molecule has 2 amide bonds. The number of piperazine rings is 2. The Morgan fingerprint density at radius 1 is 0.950 bits per heavy atom. The van der Waals surface area contributed by atoms with Gasteiger partial charge in [-0.2, -0.15) is 0 Å². The largest absolute Gasteiger partial charge is 0.353 e. The van der Waals surface area contributed by atoms with Gasteiger partial charge in [0.25, 0.3) is 0 Å². The molecule has 2 fully saturated rings. The molecule has 10 heteroatoms. The van der Waals surface area contributed by atoms with Gasteiger partial charge in [-0.3, -0.25) is 14.5 Å². The lowest BCUT2D eigenvalue weighted by Crippen LogP contribution is -2.54. The zero-order valence-corrected chi connectivity index (χ0v) is 25.5. The molecule has 1 unspecified atom stereocenters. The highest BCUT2D eigenvalue weighted by Crippen LogP contribution is 2.25. The molecular formula is C30H43ClN6O2S. The first kappa shape index (κ1) is 30.6. The predicted molar refractivity (Wildman–Crippen MR) is 163 cm³/mol. The summed E-state index contributed by atoms with van der Waals surface area (Å²) in [5, 5.41) is 0.879. The molecule has 0 bridgehead atoms. The van der Waals surface area contributed by atoms with Crippen molar-refractivity contribution >= 4 is 41.0 Å². The van der Waals surface area contributed by atoms with Gasteiger partial charge in [-0.05, 0) is 18.9 Å². The van der Waals surface area contributed by atoms with Crippen LogP contribution in [0, 0.1) is 0 Å². The van der Waals surface area contributed by atoms with Crippen LogP contribution in [0.3, 0.4) is 0 Å². The van der Waals surface area contributed by atoms with Crippen LogP contribution in [0.1, 0.15) is 57.9 Å². The zero-order chi connectivity index (χ0) is 28.3. The van der Waals surface area contributed by atoms with Crippen LogP contribution >= 0.6 is 23.4 Å². The highest BCUT2D eigenvalue weighted by atomic mass is 35.5. The zero-order valence-electron chi connectivity index (χ0n) is 23.9. The van der Waals surface area contributed by atoms with E-state index < -0.39 is 0 Å². The van der Waals surface area contributed by atoms with E-state index in [9.17, 15) is 9.59 Å². The maximum atomic E-state index is 12.9. The number of hydrogen-bond acceptors (Lipinski definition) is 7. The SMILES string of the molecule is CCCCCCCC(=O)N1CCN(c2cc(Cl)nc(SCC(=O)N3CCN(Cc4ccccc4)CC3)n2)CC1C. The number of carbonyl (C=O) groups is 2. The van der Waals surface area contributed by atoms with Crippen LogP contribution in [0.2, 0.25) is 5.15 Å². The van der Waals surface area contributed by atoms with Crippen molar-refractivity contribution in [1.82, 2.24) is 24.7 Å². The molecular weight excluding hydrogens is 544 g/mol. The summed E-state index contributed by atoms with van der Waals surface area (Å²) in [5.41, 5.74) is 1.30. The fourth-order valence-corrected chi connectivity index (χ4v) is 6.37. The van der Waals surface area contributed by atoms with Crippen LogP contribution < -0.4 is 4.90 Å². The van der Waals surface area contributed by atoms with Gasteiger partial charge < -0.3 is 14.7 Å². The molecule has 4 rings (SSSR count). The molecule has 8 nitrogen and oxygen atoms in total. The second-order valence-electron chi connectivity index (χ2n) is 10.8. The van der Waals surface area contributed by atoms with E-state index in [1.165, 1.54) is 36.6 Å². The van der Waals surface area contributed by atoms with Crippen molar-refractivity contribution in [1.29, 1.82) is 0 Å². The van der Waals surface area contributed by atoms with Crippen molar-refractivity contribution in [2.45, 2.75) is 70.1 Å². The van der Waals surface area contributed by atoms with Gasteiger partial charge in [0.2, 0.25) is 11.8 Å². The number of nitrogens with zero attached hydrogens (tertiary/aromatic N) is 6. The number of amides is 2. The van der Waals surface area contributed by atoms with Crippen molar-refractivity contribution in [3.8, 4) is 0 Å². The molecule has 40 heavy (non-hydrogen) atoms. The second-order valence-corrected chi connectivity index (χ2v) is 12.1. The smallest absolute Gasteiger partial charge is 0.233 e. The Morgan fingerprint density at radius 2 is 1.70 bits per heavy atom. The van der Waals surface area contributed by atoms with Crippen molar-refractivity contribution in [2.24, 2.45) is 0 Å². The molecule has 0 spiro atoms. The minimum Gasteiger partial charge on any atom is -0.353 e. The molecule has 0 aliphatic carbocycles. The van der Waals surface area contributed by atoms with E-state index in [0.29, 0.717) is 36.4 Å². The van der Waals surface area contributed by atoms with Crippen molar-refractivity contribution in [3.05, 3.63) is 47.1 Å². The van der Waals surface area contributed by atoms with E-state index in [0.717, 1.165) is 51.4 Å². The van der Waals surface area contributed by atoms with E-state index in [-0.39, 0.29) is 23.6 Å². The Balaban J connectivity index is 1.23. The van der Waals surface area contributed by atoms with Gasteiger partial charge >= 0.3 is 0 Å². The van der Waals surface area contributed by atoms with Crippen molar-refractivity contribution in [2.75, 3.05) is 56.5 Å². The number of rotatable bonds is 12. The number of hydrogen-bond donors (Lipinski definition) is 0. The third kappa shape index (κ3) is 9.08. The normalized spacial score (nSPS) is 18.3. The lowest BCUT2D eigenvalue weighted by molar-refractivity contribution is -0.133. The minimum absolute atomic E-state index is 0.101. The number of benzene rings is 1. The average molecular weight is 587 g/mol. The van der Waals surface area contributed by atoms with Crippen LogP contribution in [0.4, 0.5) is 5.82 Å². The topological polar surface area (TPSA) is 72.9 Å². The lowest BCUT2D eigenvalue weighted by atomic mass is 10.1. The van der Waals surface area contributed by atoms with E-state index in [2.05, 4.69) is 52.9 Å². The predicted octanol–water partition coefficient (Wildman–Crippen LogP) is 4.96. The molecule has 2 aliphatic heterocycles. The summed E-state index contributed by atoms with van der Waals surface area (Å²) in [5.74, 6) is 1.39. The van der Waals surface area contributed by atoms with Gasteiger partial charge in [0.05, 0.1) is 5.75 Å². The first-order valence-corrected chi connectivity index (χ1v) is 16.0. The van der Waals surface area contributed by atoms with Crippen LogP contribution in [0.15, 0.2) is 41.6 Å². The molecule has 1 aromatic carbocycles. The molecule has 2 aliphatic rings. The maximum absolute atomic E-state index is 12.9. The van der Waals surface area contributed by atoms with Gasteiger partial charge in [0.1, 0.15) is 11.0 Å². The fraction of sp³-hybridized carbons (Fsp3) is 0.600. The Kier molecular flexibility index (Phi) is 11.9. The summed E-state index contributed by atoms with van der Waals surface area (Å²) in [6.45, 7) is 10.5. The molecule has 1 aromatic heterocycles. The summed E-state index contributed by atoms with van der Waals surface area (Å²) < 4.78 is 0. The Bertz CT molecular complexity index is 1100. The number of unbranched alkanes of at least 4 members (excludes halogenated alkanes) is 4. The van der Waals surface area contributed by atoms with Crippen molar-refractivity contribution < 1.29 is 9.59 Å². The number of aromatic nitrogens is 2. The molecule has 0 saturated carbocycles. The molecule has 1 atom stereocenters. The number of halogens is 1. The third-order valence-corrected chi connectivity index (χ3v) is 8.75. The summed E-state index contributed by atoms with van der Waals surface area (Å²) in [7, 11) is 0. The van der Waals surface area contributed by atoms with Crippen LogP contribution in [-0.2, 0) is 16.1 Å². The van der Waals surface area contributed by atoms with E-state index in [1.807, 2.05) is 15.9 Å². The fourth-order valence-electron chi connectivity index (χ4n) is 5.39. The second kappa shape index (κ2) is 15.6. The summed E-state index contributed by atoms with van der Waals surface area (Å²) in [6.07, 6.45) is 6.38. The lowest BCUT2D eigenvalue weighted by Gasteiger charge is -2.40. The summed E-state index contributed by atoms with van der Waals surface area (Å²) >= 11 is 7.70. The van der Waals surface area contributed by atoms with Crippen molar-refractivity contribution in [3.63, 3.8) is 0 Å². The average Bonchev–Trinajstić information content (AvgIpc) is 2.96. The monoisotopic (exact) mass is 586 g/mol. The molecule has 0 N–H and O–H groups in total. The molecule has 218 valence electrons. The Hall–Kier alpha value is -2.36. The standard InChI is InChI=1S/C30H43ClN6O2S/c1-3-4-5-6-10-13-28(38)37-19-18-36(21-24(37)2)27-20-26(31)32-30(33-27)40-23-29(39)35-16-14-34(15-17-35)22-25-11-8-7-9-12-25/h7-9,11-12,20,24H,3-6,10,13-19,21-23H2,1-2H3. The molecule has 0 radical (unpaired) electrons. The summed E-state index contributed by atoms with van der Waals surface area (Å²) in [6, 6.07) is 12.3. The highest BCUT2D eigenvalue weighted by Gasteiger charge is 2.28. The Labute approximate surface area is 248 Å². The number of anilines is 1. The van der Waals surface area contributed by atoms with E-state index in [1.54, 1.807) is 6.07 Å². The number of thioether (sulfide) groups is 1. The first-order chi connectivity index (χ1) is 19.4.